The molecule has 0 atom stereocenters. The summed E-state index contributed by atoms with van der Waals surface area (Å²) in [5.74, 6) is 2.69. The van der Waals surface area contributed by atoms with E-state index in [1.807, 2.05) is 0 Å². The van der Waals surface area contributed by atoms with E-state index in [0.717, 1.165) is 36.1 Å². The molecule has 170 valence electrons. The summed E-state index contributed by atoms with van der Waals surface area (Å²) in [5.41, 5.74) is 4.77. The number of aromatic nitrogens is 1. The van der Waals surface area contributed by atoms with Crippen molar-refractivity contribution in [2.24, 2.45) is 5.92 Å². The zero-order chi connectivity index (χ0) is 22.5. The fourth-order valence-corrected chi connectivity index (χ4v) is 4.79. The number of para-hydroxylation sites is 1. The van der Waals surface area contributed by atoms with Crippen LogP contribution in [0.1, 0.15) is 36.8 Å². The average Bonchev–Trinajstić information content (AvgIpc) is 2.80. The third-order valence-corrected chi connectivity index (χ3v) is 6.60. The Morgan fingerprint density at radius 1 is 1.03 bits per heavy atom. The summed E-state index contributed by atoms with van der Waals surface area (Å²) in [6.07, 6.45) is 4.89. The fraction of sp³-hybridized carbons (Fsp3) is 0.444. The molecule has 0 saturated heterocycles. The molecule has 5 heteroatoms. The summed E-state index contributed by atoms with van der Waals surface area (Å²) in [4.78, 5) is 7.04. The number of nitrogens with one attached hydrogen (secondary N) is 2. The van der Waals surface area contributed by atoms with Crippen LogP contribution in [0.3, 0.4) is 0 Å². The number of hydrogen-bond donors (Lipinski definition) is 2. The van der Waals surface area contributed by atoms with Gasteiger partial charge in [-0.3, -0.25) is 0 Å². The van der Waals surface area contributed by atoms with Gasteiger partial charge in [-0.25, -0.2) is 4.98 Å². The Kier molecular flexibility index (Phi) is 7.15. The van der Waals surface area contributed by atoms with Crippen LogP contribution in [0.25, 0.3) is 10.9 Å². The number of rotatable bonds is 8. The molecular formula is C27H36N4O. The molecule has 2 N–H and O–H groups in total. The molecule has 3 aromatic rings. The number of aryl methyl sites for hydroxylation is 1. The first-order chi connectivity index (χ1) is 15.5. The van der Waals surface area contributed by atoms with Gasteiger partial charge in [0.15, 0.2) is 0 Å². The summed E-state index contributed by atoms with van der Waals surface area (Å²) < 4.78 is 5.36. The first kappa shape index (κ1) is 22.4. The highest BCUT2D eigenvalue weighted by Crippen LogP contribution is 2.30. The maximum absolute atomic E-state index is 5.36. The van der Waals surface area contributed by atoms with Gasteiger partial charge in [0.25, 0.3) is 0 Å². The van der Waals surface area contributed by atoms with Gasteiger partial charge in [-0.1, -0.05) is 30.3 Å². The van der Waals surface area contributed by atoms with E-state index >= 15 is 0 Å². The van der Waals surface area contributed by atoms with Gasteiger partial charge < -0.3 is 20.3 Å². The molecule has 0 bridgehead atoms. The van der Waals surface area contributed by atoms with Crippen molar-refractivity contribution in [2.75, 3.05) is 38.0 Å². The average molecular weight is 433 g/mol. The number of pyridine rings is 1. The number of methoxy groups -OCH3 is 1. The highest BCUT2D eigenvalue weighted by molar-refractivity contribution is 5.93. The Morgan fingerprint density at radius 2 is 1.81 bits per heavy atom. The van der Waals surface area contributed by atoms with Crippen molar-refractivity contribution in [3.8, 4) is 5.75 Å². The highest BCUT2D eigenvalue weighted by atomic mass is 16.5. The van der Waals surface area contributed by atoms with E-state index in [1.165, 1.54) is 47.9 Å². The van der Waals surface area contributed by atoms with E-state index in [-0.39, 0.29) is 0 Å². The fourth-order valence-electron chi connectivity index (χ4n) is 4.79. The van der Waals surface area contributed by atoms with E-state index in [2.05, 4.69) is 85.1 Å². The number of fused-ring (bicyclic) bond motifs is 1. The Morgan fingerprint density at radius 3 is 2.53 bits per heavy atom. The highest BCUT2D eigenvalue weighted by Gasteiger charge is 2.21. The van der Waals surface area contributed by atoms with E-state index in [9.17, 15) is 0 Å². The van der Waals surface area contributed by atoms with Crippen molar-refractivity contribution >= 4 is 22.4 Å². The molecule has 1 heterocycles. The first-order valence-electron chi connectivity index (χ1n) is 11.7. The topological polar surface area (TPSA) is 49.4 Å². The Bertz CT molecular complexity index is 1040. The SMILES string of the molecule is COc1ccc(CNC[C@H]2CC[C@@H](Nc3cc(N(C)C)c4ccccc4n3)CC2)cc1C. The van der Waals surface area contributed by atoms with E-state index < -0.39 is 0 Å². The lowest BCUT2D eigenvalue weighted by Gasteiger charge is -2.30. The van der Waals surface area contributed by atoms with Crippen molar-refractivity contribution in [1.82, 2.24) is 10.3 Å². The molecule has 0 amide bonds. The second-order valence-corrected chi connectivity index (χ2v) is 9.24. The minimum Gasteiger partial charge on any atom is -0.496 e. The summed E-state index contributed by atoms with van der Waals surface area (Å²) in [6, 6.07) is 17.5. The van der Waals surface area contributed by atoms with Gasteiger partial charge in [0.2, 0.25) is 0 Å². The lowest BCUT2D eigenvalue weighted by atomic mass is 9.86. The van der Waals surface area contributed by atoms with Crippen LogP contribution in [0.2, 0.25) is 0 Å². The van der Waals surface area contributed by atoms with Gasteiger partial charge >= 0.3 is 0 Å². The van der Waals surface area contributed by atoms with Crippen molar-refractivity contribution in [1.29, 1.82) is 0 Å². The maximum Gasteiger partial charge on any atom is 0.128 e. The summed E-state index contributed by atoms with van der Waals surface area (Å²) in [6.45, 7) is 4.09. The first-order valence-corrected chi connectivity index (χ1v) is 11.7. The van der Waals surface area contributed by atoms with Crippen LogP contribution in [0.4, 0.5) is 11.5 Å². The monoisotopic (exact) mass is 432 g/mol. The van der Waals surface area contributed by atoms with Gasteiger partial charge in [0.1, 0.15) is 11.6 Å². The smallest absolute Gasteiger partial charge is 0.128 e. The molecular weight excluding hydrogens is 396 g/mol. The number of benzene rings is 2. The van der Waals surface area contributed by atoms with E-state index in [1.54, 1.807) is 7.11 Å². The molecule has 32 heavy (non-hydrogen) atoms. The van der Waals surface area contributed by atoms with Crippen LogP contribution >= 0.6 is 0 Å². The van der Waals surface area contributed by atoms with Gasteiger partial charge in [-0.2, -0.15) is 0 Å². The standard InChI is InChI=1S/C27H36N4O/c1-19-15-21(11-14-26(19)32-4)18-28-17-20-9-12-22(13-10-20)29-27-16-25(31(2)3)23-7-5-6-8-24(23)30-27/h5-8,11,14-16,20,22,28H,9-10,12-13,17-18H2,1-4H3,(H,29,30)/t20-,22+. The molecule has 1 aliphatic carbocycles. The lowest BCUT2D eigenvalue weighted by Crippen LogP contribution is -2.31. The molecule has 0 unspecified atom stereocenters. The van der Waals surface area contributed by atoms with Gasteiger partial charge in [0.05, 0.1) is 12.6 Å². The quantitative estimate of drug-likeness (QED) is 0.501. The third-order valence-electron chi connectivity index (χ3n) is 6.60. The molecule has 1 fully saturated rings. The number of anilines is 2. The van der Waals surface area contributed by atoms with Crippen LogP contribution in [-0.2, 0) is 6.54 Å². The number of ether oxygens (including phenoxy) is 1. The molecule has 0 radical (unpaired) electrons. The van der Waals surface area contributed by atoms with Crippen LogP contribution < -0.4 is 20.3 Å². The van der Waals surface area contributed by atoms with Crippen molar-refractivity contribution in [3.05, 3.63) is 59.7 Å². The van der Waals surface area contributed by atoms with E-state index in [0.29, 0.717) is 6.04 Å². The van der Waals surface area contributed by atoms with Crippen LogP contribution in [0.5, 0.6) is 5.75 Å². The van der Waals surface area contributed by atoms with Crippen LogP contribution in [-0.4, -0.2) is 38.8 Å². The third kappa shape index (κ3) is 5.33. The molecule has 1 aliphatic rings. The zero-order valence-electron chi connectivity index (χ0n) is 19.8. The van der Waals surface area contributed by atoms with E-state index in [4.69, 9.17) is 9.72 Å². The minimum atomic E-state index is 0.499. The minimum absolute atomic E-state index is 0.499. The summed E-state index contributed by atoms with van der Waals surface area (Å²) in [5, 5.41) is 8.58. The molecule has 2 aromatic carbocycles. The zero-order valence-corrected chi connectivity index (χ0v) is 19.8. The molecule has 1 aromatic heterocycles. The number of hydrogen-bond acceptors (Lipinski definition) is 5. The molecule has 4 rings (SSSR count). The molecule has 5 nitrogen and oxygen atoms in total. The van der Waals surface area contributed by atoms with Crippen molar-refractivity contribution < 1.29 is 4.74 Å². The van der Waals surface area contributed by atoms with Gasteiger partial charge in [-0.15, -0.1) is 0 Å². The van der Waals surface area contributed by atoms with Crippen LogP contribution in [0.15, 0.2) is 48.5 Å². The summed E-state index contributed by atoms with van der Waals surface area (Å²) >= 11 is 0. The van der Waals surface area contributed by atoms with Crippen molar-refractivity contribution in [3.63, 3.8) is 0 Å². The Hall–Kier alpha value is -2.79. The second-order valence-electron chi connectivity index (χ2n) is 9.24. The van der Waals surface area contributed by atoms with Crippen LogP contribution in [0, 0.1) is 12.8 Å². The molecule has 0 spiro atoms. The second kappa shape index (κ2) is 10.2. The predicted octanol–water partition coefficient (Wildman–Crippen LogP) is 5.38. The molecule has 1 saturated carbocycles. The Labute approximate surface area is 192 Å². The Balaban J connectivity index is 1.27. The van der Waals surface area contributed by atoms with Crippen molar-refractivity contribution in [2.45, 2.75) is 45.2 Å². The lowest BCUT2D eigenvalue weighted by molar-refractivity contribution is 0.324. The normalized spacial score (nSPS) is 18.5. The number of nitrogens with zero attached hydrogens (tertiary/aromatic N) is 2. The largest absolute Gasteiger partial charge is 0.496 e. The summed E-state index contributed by atoms with van der Waals surface area (Å²) in [7, 11) is 5.91. The predicted molar refractivity (Wildman–Crippen MR) is 135 cm³/mol. The maximum atomic E-state index is 5.36. The van der Waals surface area contributed by atoms with Gasteiger partial charge in [0, 0.05) is 43.8 Å². The molecule has 0 aliphatic heterocycles. The van der Waals surface area contributed by atoms with Gasteiger partial charge in [-0.05, 0) is 68.3 Å².